The molecule has 2 fully saturated rings. The second-order valence-electron chi connectivity index (χ2n) is 6.16. The summed E-state index contributed by atoms with van der Waals surface area (Å²) in [5.41, 5.74) is 1.12. The molecule has 0 radical (unpaired) electrons. The van der Waals surface area contributed by atoms with E-state index in [4.69, 9.17) is 4.74 Å². The molecule has 0 aromatic heterocycles. The van der Waals surface area contributed by atoms with Crippen LogP contribution in [0, 0.1) is 5.82 Å². The van der Waals surface area contributed by atoms with Gasteiger partial charge in [-0.15, -0.1) is 0 Å². The molecular formula is C16H24FN3O. The van der Waals surface area contributed by atoms with Gasteiger partial charge >= 0.3 is 0 Å². The Morgan fingerprint density at radius 3 is 2.81 bits per heavy atom. The third-order valence-corrected chi connectivity index (χ3v) is 4.60. The molecule has 3 rings (SSSR count). The van der Waals surface area contributed by atoms with Crippen molar-refractivity contribution in [2.45, 2.75) is 12.6 Å². The van der Waals surface area contributed by atoms with Crippen molar-refractivity contribution in [1.82, 2.24) is 14.7 Å². The van der Waals surface area contributed by atoms with Gasteiger partial charge in [-0.1, -0.05) is 6.07 Å². The Balaban J connectivity index is 1.63. The summed E-state index contributed by atoms with van der Waals surface area (Å²) in [6.45, 7) is 7.67. The minimum Gasteiger partial charge on any atom is -0.494 e. The van der Waals surface area contributed by atoms with Crippen molar-refractivity contribution >= 4 is 0 Å². The van der Waals surface area contributed by atoms with E-state index >= 15 is 0 Å². The molecule has 0 spiro atoms. The fourth-order valence-corrected chi connectivity index (χ4v) is 3.38. The highest BCUT2D eigenvalue weighted by molar-refractivity contribution is 5.30. The van der Waals surface area contributed by atoms with Gasteiger partial charge in [-0.2, -0.15) is 0 Å². The van der Waals surface area contributed by atoms with Gasteiger partial charge in [0.15, 0.2) is 11.6 Å². The molecule has 1 atom stereocenters. The van der Waals surface area contributed by atoms with Crippen LogP contribution in [0.2, 0.25) is 0 Å². The fourth-order valence-electron chi connectivity index (χ4n) is 3.38. The highest BCUT2D eigenvalue weighted by Gasteiger charge is 2.30. The Morgan fingerprint density at radius 1 is 1.19 bits per heavy atom. The Kier molecular flexibility index (Phi) is 4.42. The van der Waals surface area contributed by atoms with Crippen LogP contribution < -0.4 is 4.74 Å². The van der Waals surface area contributed by atoms with E-state index in [0.717, 1.165) is 38.3 Å². The number of piperazine rings is 2. The van der Waals surface area contributed by atoms with E-state index in [1.54, 1.807) is 0 Å². The average molecular weight is 293 g/mol. The molecule has 2 heterocycles. The van der Waals surface area contributed by atoms with E-state index in [2.05, 4.69) is 21.7 Å². The number of methoxy groups -OCH3 is 1. The van der Waals surface area contributed by atoms with Crippen molar-refractivity contribution < 1.29 is 9.13 Å². The van der Waals surface area contributed by atoms with Crippen molar-refractivity contribution in [3.63, 3.8) is 0 Å². The molecule has 116 valence electrons. The monoisotopic (exact) mass is 293 g/mol. The summed E-state index contributed by atoms with van der Waals surface area (Å²) < 4.78 is 18.5. The van der Waals surface area contributed by atoms with Crippen molar-refractivity contribution in [2.24, 2.45) is 0 Å². The summed E-state index contributed by atoms with van der Waals surface area (Å²) in [6, 6.07) is 5.80. The Morgan fingerprint density at radius 2 is 2.00 bits per heavy atom. The molecule has 21 heavy (non-hydrogen) atoms. The summed E-state index contributed by atoms with van der Waals surface area (Å²) in [5, 5.41) is 0. The van der Waals surface area contributed by atoms with Crippen LogP contribution in [0.3, 0.4) is 0 Å². The highest BCUT2D eigenvalue weighted by Crippen LogP contribution is 2.21. The van der Waals surface area contributed by atoms with Crippen LogP contribution in [0.15, 0.2) is 18.2 Å². The number of benzene rings is 1. The molecule has 2 aliphatic rings. The van der Waals surface area contributed by atoms with E-state index in [-0.39, 0.29) is 5.82 Å². The third kappa shape index (κ3) is 3.36. The lowest BCUT2D eigenvalue weighted by atomic mass is 10.1. The number of ether oxygens (including phenoxy) is 1. The topological polar surface area (TPSA) is 19.0 Å². The van der Waals surface area contributed by atoms with Crippen molar-refractivity contribution in [3.8, 4) is 5.75 Å². The zero-order valence-electron chi connectivity index (χ0n) is 12.9. The quantitative estimate of drug-likeness (QED) is 0.835. The van der Waals surface area contributed by atoms with Gasteiger partial charge < -0.3 is 9.64 Å². The standard InChI is InChI=1S/C16H24FN3O/c1-18-5-7-20-8-6-19(12-14(20)11-18)10-13-3-4-15(17)16(9-13)21-2/h3-4,9,14H,5-8,10-12H2,1-2H3/t14-/m0/s1. The van der Waals surface area contributed by atoms with Crippen LogP contribution in [-0.4, -0.2) is 74.2 Å². The Hall–Kier alpha value is -1.17. The molecule has 0 bridgehead atoms. The van der Waals surface area contributed by atoms with Crippen LogP contribution in [0.25, 0.3) is 0 Å². The summed E-state index contributed by atoms with van der Waals surface area (Å²) in [5.74, 6) is 0.0449. The third-order valence-electron chi connectivity index (χ3n) is 4.60. The fraction of sp³-hybridized carbons (Fsp3) is 0.625. The summed E-state index contributed by atoms with van der Waals surface area (Å²) in [6.07, 6.45) is 0. The lowest BCUT2D eigenvalue weighted by Gasteiger charge is -2.46. The van der Waals surface area contributed by atoms with Crippen molar-refractivity contribution in [2.75, 3.05) is 53.4 Å². The van der Waals surface area contributed by atoms with E-state index in [9.17, 15) is 4.39 Å². The second-order valence-corrected chi connectivity index (χ2v) is 6.16. The minimum absolute atomic E-state index is 0.292. The zero-order valence-corrected chi connectivity index (χ0v) is 12.9. The van der Waals surface area contributed by atoms with Crippen LogP contribution in [-0.2, 0) is 6.54 Å². The lowest BCUT2D eigenvalue weighted by molar-refractivity contribution is 0.0175. The molecular weight excluding hydrogens is 269 g/mol. The van der Waals surface area contributed by atoms with Gasteiger partial charge in [0.2, 0.25) is 0 Å². The van der Waals surface area contributed by atoms with Crippen molar-refractivity contribution in [3.05, 3.63) is 29.6 Å². The van der Waals surface area contributed by atoms with E-state index in [1.165, 1.54) is 26.3 Å². The van der Waals surface area contributed by atoms with Gasteiger partial charge in [0, 0.05) is 51.9 Å². The van der Waals surface area contributed by atoms with E-state index < -0.39 is 0 Å². The summed E-state index contributed by atoms with van der Waals surface area (Å²) in [4.78, 5) is 7.47. The molecule has 0 N–H and O–H groups in total. The zero-order chi connectivity index (χ0) is 14.8. The molecule has 4 nitrogen and oxygen atoms in total. The summed E-state index contributed by atoms with van der Waals surface area (Å²) in [7, 11) is 3.71. The van der Waals surface area contributed by atoms with Gasteiger partial charge in [-0.25, -0.2) is 4.39 Å². The van der Waals surface area contributed by atoms with Crippen LogP contribution in [0.4, 0.5) is 4.39 Å². The largest absolute Gasteiger partial charge is 0.494 e. The molecule has 0 saturated carbocycles. The Bertz CT molecular complexity index is 496. The average Bonchev–Trinajstić information content (AvgIpc) is 2.49. The first-order valence-electron chi connectivity index (χ1n) is 7.63. The van der Waals surface area contributed by atoms with Gasteiger partial charge in [0.05, 0.1) is 7.11 Å². The maximum atomic E-state index is 13.5. The molecule has 0 aliphatic carbocycles. The number of nitrogens with zero attached hydrogens (tertiary/aromatic N) is 3. The van der Waals surface area contributed by atoms with E-state index in [0.29, 0.717) is 11.8 Å². The summed E-state index contributed by atoms with van der Waals surface area (Å²) >= 11 is 0. The van der Waals surface area contributed by atoms with Crippen LogP contribution in [0.1, 0.15) is 5.56 Å². The number of rotatable bonds is 3. The molecule has 5 heteroatoms. The maximum absolute atomic E-state index is 13.5. The predicted octanol–water partition coefficient (Wildman–Crippen LogP) is 1.27. The minimum atomic E-state index is -0.292. The van der Waals surface area contributed by atoms with Gasteiger partial charge in [0.1, 0.15) is 0 Å². The Labute approximate surface area is 126 Å². The predicted molar refractivity (Wildman–Crippen MR) is 81.1 cm³/mol. The van der Waals surface area contributed by atoms with Gasteiger partial charge in [0.25, 0.3) is 0 Å². The van der Waals surface area contributed by atoms with Crippen LogP contribution in [0.5, 0.6) is 5.75 Å². The second kappa shape index (κ2) is 6.30. The number of halogens is 1. The highest BCUT2D eigenvalue weighted by atomic mass is 19.1. The molecule has 1 aromatic carbocycles. The van der Waals surface area contributed by atoms with Crippen LogP contribution >= 0.6 is 0 Å². The van der Waals surface area contributed by atoms with Crippen molar-refractivity contribution in [1.29, 1.82) is 0 Å². The first-order chi connectivity index (χ1) is 10.2. The first-order valence-corrected chi connectivity index (χ1v) is 7.63. The number of likely N-dealkylation sites (N-methyl/N-ethyl adjacent to an activating group) is 1. The SMILES string of the molecule is COc1cc(CN2CCN3CCN(C)C[C@H]3C2)ccc1F. The maximum Gasteiger partial charge on any atom is 0.165 e. The molecule has 2 aliphatic heterocycles. The van der Waals surface area contributed by atoms with E-state index in [1.807, 2.05) is 12.1 Å². The van der Waals surface area contributed by atoms with Gasteiger partial charge in [-0.3, -0.25) is 9.80 Å². The smallest absolute Gasteiger partial charge is 0.165 e. The molecule has 0 unspecified atom stereocenters. The first kappa shape index (κ1) is 14.8. The van der Waals surface area contributed by atoms with Gasteiger partial charge in [-0.05, 0) is 24.7 Å². The number of hydrogen-bond acceptors (Lipinski definition) is 4. The molecule has 2 saturated heterocycles. The number of fused-ring (bicyclic) bond motifs is 1. The molecule has 0 amide bonds. The normalized spacial score (nSPS) is 24.8. The number of hydrogen-bond donors (Lipinski definition) is 0. The lowest BCUT2D eigenvalue weighted by Crippen LogP contribution is -2.61. The molecule has 1 aromatic rings.